The predicted molar refractivity (Wildman–Crippen MR) is 71.0 cm³/mol. The number of nitrogens with one attached hydrogen (secondary N) is 1. The zero-order valence-corrected chi connectivity index (χ0v) is 11.6. The summed E-state index contributed by atoms with van der Waals surface area (Å²) in [5, 5.41) is 11.4. The van der Waals surface area contributed by atoms with Crippen LogP contribution in [0.4, 0.5) is 4.79 Å². The molecule has 2 aliphatic heterocycles. The first-order chi connectivity index (χ1) is 8.99. The third-order valence-corrected chi connectivity index (χ3v) is 4.16. The van der Waals surface area contributed by atoms with E-state index in [1.54, 1.807) is 4.90 Å². The van der Waals surface area contributed by atoms with Crippen molar-refractivity contribution in [1.29, 1.82) is 0 Å². The Bertz CT molecular complexity index is 361. The van der Waals surface area contributed by atoms with Crippen LogP contribution in [-0.4, -0.2) is 64.7 Å². The summed E-state index contributed by atoms with van der Waals surface area (Å²) in [6, 6.07) is -0.525. The summed E-state index contributed by atoms with van der Waals surface area (Å²) in [5.41, 5.74) is 0. The van der Waals surface area contributed by atoms with Gasteiger partial charge in [0.05, 0.1) is 0 Å². The number of urea groups is 1. The van der Waals surface area contributed by atoms with Crippen molar-refractivity contribution in [2.75, 3.05) is 19.6 Å². The van der Waals surface area contributed by atoms with Crippen molar-refractivity contribution in [3.8, 4) is 0 Å². The summed E-state index contributed by atoms with van der Waals surface area (Å²) < 4.78 is 0. The number of hydrogen-bond donors (Lipinski definition) is 2. The molecule has 0 saturated carbocycles. The zero-order valence-electron chi connectivity index (χ0n) is 11.6. The van der Waals surface area contributed by atoms with Gasteiger partial charge in [0.1, 0.15) is 6.04 Å². The highest BCUT2D eigenvalue weighted by atomic mass is 16.4. The first-order valence-electron chi connectivity index (χ1n) is 7.03. The Kier molecular flexibility index (Phi) is 4.29. The largest absolute Gasteiger partial charge is 0.480 e. The van der Waals surface area contributed by atoms with Crippen molar-refractivity contribution in [3.05, 3.63) is 0 Å². The Labute approximate surface area is 113 Å². The van der Waals surface area contributed by atoms with Gasteiger partial charge in [0.2, 0.25) is 0 Å². The lowest BCUT2D eigenvalue weighted by atomic mass is 9.97. The van der Waals surface area contributed by atoms with Gasteiger partial charge in [-0.25, -0.2) is 4.79 Å². The normalized spacial score (nSPS) is 29.5. The van der Waals surface area contributed by atoms with E-state index >= 15 is 0 Å². The van der Waals surface area contributed by atoms with Gasteiger partial charge in [-0.05, 0) is 33.2 Å². The van der Waals surface area contributed by atoms with Crippen LogP contribution >= 0.6 is 0 Å². The number of carboxylic acid groups (broad SMARTS) is 1. The van der Waals surface area contributed by atoms with Crippen molar-refractivity contribution in [1.82, 2.24) is 15.1 Å². The maximum absolute atomic E-state index is 12.1. The van der Waals surface area contributed by atoms with Crippen LogP contribution in [0.1, 0.15) is 33.1 Å². The number of nitrogens with zero attached hydrogens (tertiary/aromatic N) is 2. The number of piperazine rings is 1. The van der Waals surface area contributed by atoms with Gasteiger partial charge in [-0.3, -0.25) is 9.69 Å². The maximum Gasteiger partial charge on any atom is 0.325 e. The van der Waals surface area contributed by atoms with E-state index in [1.807, 2.05) is 6.92 Å². The van der Waals surface area contributed by atoms with Crippen LogP contribution in [0.25, 0.3) is 0 Å². The summed E-state index contributed by atoms with van der Waals surface area (Å²) >= 11 is 0. The first kappa shape index (κ1) is 14.1. The SMILES string of the molecule is CC1CN2CCCCC2CN1C(=O)N[C@@H](C)C(=O)O. The lowest BCUT2D eigenvalue weighted by molar-refractivity contribution is -0.138. The molecule has 0 bridgehead atoms. The van der Waals surface area contributed by atoms with Crippen molar-refractivity contribution >= 4 is 12.0 Å². The molecule has 2 aliphatic rings. The quantitative estimate of drug-likeness (QED) is 0.775. The molecule has 2 amide bonds. The van der Waals surface area contributed by atoms with Gasteiger partial charge in [-0.1, -0.05) is 6.42 Å². The molecule has 6 nitrogen and oxygen atoms in total. The summed E-state index contributed by atoms with van der Waals surface area (Å²) in [5.74, 6) is -1.00. The van der Waals surface area contributed by atoms with Crippen molar-refractivity contribution in [3.63, 3.8) is 0 Å². The molecule has 0 aromatic carbocycles. The second-order valence-electron chi connectivity index (χ2n) is 5.66. The fourth-order valence-corrected chi connectivity index (χ4v) is 2.96. The van der Waals surface area contributed by atoms with Crippen LogP contribution < -0.4 is 5.32 Å². The highest BCUT2D eigenvalue weighted by Gasteiger charge is 2.35. The molecule has 2 unspecified atom stereocenters. The van der Waals surface area contributed by atoms with Crippen LogP contribution in [0.15, 0.2) is 0 Å². The number of amides is 2. The Balaban J connectivity index is 1.95. The molecule has 108 valence electrons. The topological polar surface area (TPSA) is 72.9 Å². The van der Waals surface area contributed by atoms with Crippen molar-refractivity contribution in [2.24, 2.45) is 0 Å². The molecule has 2 rings (SSSR count). The molecule has 19 heavy (non-hydrogen) atoms. The van der Waals surface area contributed by atoms with Gasteiger partial charge in [0.15, 0.2) is 0 Å². The van der Waals surface area contributed by atoms with Crippen LogP contribution in [0.3, 0.4) is 0 Å². The number of hydrogen-bond acceptors (Lipinski definition) is 3. The lowest BCUT2D eigenvalue weighted by Gasteiger charge is -2.47. The Morgan fingerprint density at radius 2 is 2.05 bits per heavy atom. The Morgan fingerprint density at radius 1 is 1.32 bits per heavy atom. The van der Waals surface area contributed by atoms with E-state index in [2.05, 4.69) is 10.2 Å². The minimum absolute atomic E-state index is 0.135. The van der Waals surface area contributed by atoms with Gasteiger partial charge in [0, 0.05) is 25.2 Å². The number of carbonyl (C=O) groups is 2. The number of rotatable bonds is 2. The molecule has 2 heterocycles. The van der Waals surface area contributed by atoms with E-state index in [-0.39, 0.29) is 12.1 Å². The molecular weight excluding hydrogens is 246 g/mol. The molecule has 0 radical (unpaired) electrons. The van der Waals surface area contributed by atoms with E-state index in [0.29, 0.717) is 12.6 Å². The standard InChI is InChI=1S/C13H23N3O3/c1-9-7-15-6-4-3-5-11(15)8-16(9)13(19)14-10(2)12(17)18/h9-11H,3-8H2,1-2H3,(H,14,19)(H,17,18)/t9?,10-,11?/m0/s1. The molecule has 6 heteroatoms. The number of fused-ring (bicyclic) bond motifs is 1. The van der Waals surface area contributed by atoms with Gasteiger partial charge < -0.3 is 15.3 Å². The smallest absolute Gasteiger partial charge is 0.325 e. The minimum atomic E-state index is -1.00. The summed E-state index contributed by atoms with van der Waals surface area (Å²) in [6.07, 6.45) is 3.59. The molecular formula is C13H23N3O3. The second-order valence-corrected chi connectivity index (χ2v) is 5.66. The molecule has 2 fully saturated rings. The van der Waals surface area contributed by atoms with Gasteiger partial charge >= 0.3 is 12.0 Å². The van der Waals surface area contributed by atoms with Gasteiger partial charge in [0.25, 0.3) is 0 Å². The molecule has 3 atom stereocenters. The van der Waals surface area contributed by atoms with Crippen molar-refractivity contribution in [2.45, 2.75) is 51.2 Å². The fourth-order valence-electron chi connectivity index (χ4n) is 2.96. The summed E-state index contributed by atoms with van der Waals surface area (Å²) in [7, 11) is 0. The number of piperidine rings is 1. The summed E-state index contributed by atoms with van der Waals surface area (Å²) in [6.45, 7) is 6.23. The van der Waals surface area contributed by atoms with Gasteiger partial charge in [-0.2, -0.15) is 0 Å². The van der Waals surface area contributed by atoms with E-state index in [9.17, 15) is 9.59 Å². The third-order valence-electron chi connectivity index (χ3n) is 4.16. The third kappa shape index (κ3) is 3.18. The molecule has 0 aliphatic carbocycles. The Morgan fingerprint density at radius 3 is 2.74 bits per heavy atom. The number of carboxylic acids is 1. The van der Waals surface area contributed by atoms with Crippen molar-refractivity contribution < 1.29 is 14.7 Å². The lowest BCUT2D eigenvalue weighted by Crippen LogP contribution is -2.62. The number of aliphatic carboxylic acids is 1. The average molecular weight is 269 g/mol. The monoisotopic (exact) mass is 269 g/mol. The highest BCUT2D eigenvalue weighted by molar-refractivity contribution is 5.82. The molecule has 0 spiro atoms. The fraction of sp³-hybridized carbons (Fsp3) is 0.846. The first-order valence-corrected chi connectivity index (χ1v) is 7.03. The molecule has 0 aromatic rings. The highest BCUT2D eigenvalue weighted by Crippen LogP contribution is 2.23. The zero-order chi connectivity index (χ0) is 14.0. The maximum atomic E-state index is 12.1. The molecule has 2 saturated heterocycles. The number of carbonyl (C=O) groups excluding carboxylic acids is 1. The van der Waals surface area contributed by atoms with Gasteiger partial charge in [-0.15, -0.1) is 0 Å². The molecule has 2 N–H and O–H groups in total. The summed E-state index contributed by atoms with van der Waals surface area (Å²) in [4.78, 5) is 27.2. The van der Waals surface area contributed by atoms with E-state index < -0.39 is 12.0 Å². The van der Waals surface area contributed by atoms with E-state index in [1.165, 1.54) is 19.8 Å². The Hall–Kier alpha value is -1.30. The second kappa shape index (κ2) is 5.77. The minimum Gasteiger partial charge on any atom is -0.480 e. The average Bonchev–Trinajstić information content (AvgIpc) is 2.37. The van der Waals surface area contributed by atoms with Crippen LogP contribution in [0, 0.1) is 0 Å². The van der Waals surface area contributed by atoms with Crippen LogP contribution in [0.5, 0.6) is 0 Å². The molecule has 0 aromatic heterocycles. The predicted octanol–water partition coefficient (Wildman–Crippen LogP) is 0.728. The van der Waals surface area contributed by atoms with Crippen LogP contribution in [0.2, 0.25) is 0 Å². The van der Waals surface area contributed by atoms with Crippen LogP contribution in [-0.2, 0) is 4.79 Å². The van der Waals surface area contributed by atoms with E-state index in [4.69, 9.17) is 5.11 Å². The van der Waals surface area contributed by atoms with E-state index in [0.717, 1.165) is 19.5 Å².